The van der Waals surface area contributed by atoms with Crippen molar-refractivity contribution in [3.05, 3.63) is 18.2 Å². The zero-order valence-electron chi connectivity index (χ0n) is 14.8. The lowest BCUT2D eigenvalue weighted by Crippen LogP contribution is -2.45. The summed E-state index contributed by atoms with van der Waals surface area (Å²) < 4.78 is 16.4. The van der Waals surface area contributed by atoms with Gasteiger partial charge in [0.05, 0.1) is 0 Å². The van der Waals surface area contributed by atoms with Gasteiger partial charge in [0.25, 0.3) is 0 Å². The van der Waals surface area contributed by atoms with Crippen LogP contribution in [-0.4, -0.2) is 48.3 Å². The molecule has 1 aromatic rings. The molecule has 0 bridgehead atoms. The molecular formula is C18H24N2O5. The van der Waals surface area contributed by atoms with E-state index in [2.05, 4.69) is 5.32 Å². The molecule has 1 N–H and O–H groups in total. The van der Waals surface area contributed by atoms with E-state index in [0.29, 0.717) is 43.4 Å². The Morgan fingerprint density at radius 3 is 2.64 bits per heavy atom. The van der Waals surface area contributed by atoms with Crippen molar-refractivity contribution in [2.24, 2.45) is 0 Å². The second-order valence-electron chi connectivity index (χ2n) is 7.18. The number of hydrogen-bond donors (Lipinski definition) is 1. The van der Waals surface area contributed by atoms with E-state index in [-0.39, 0.29) is 5.91 Å². The summed E-state index contributed by atoms with van der Waals surface area (Å²) in [7, 11) is 0. The normalized spacial score (nSPS) is 19.5. The molecule has 7 heteroatoms. The lowest BCUT2D eigenvalue weighted by Gasteiger charge is -2.28. The first-order valence-corrected chi connectivity index (χ1v) is 8.54. The van der Waals surface area contributed by atoms with Crippen molar-refractivity contribution in [1.82, 2.24) is 4.90 Å². The number of benzene rings is 1. The van der Waals surface area contributed by atoms with Crippen LogP contribution in [0.3, 0.4) is 0 Å². The summed E-state index contributed by atoms with van der Waals surface area (Å²) in [4.78, 5) is 26.4. The van der Waals surface area contributed by atoms with Crippen LogP contribution in [0.4, 0.5) is 10.5 Å². The van der Waals surface area contributed by atoms with Gasteiger partial charge in [0.15, 0.2) is 11.5 Å². The molecule has 0 spiro atoms. The van der Waals surface area contributed by atoms with Gasteiger partial charge in [0, 0.05) is 18.3 Å². The Kier molecular flexibility index (Phi) is 4.74. The predicted octanol–water partition coefficient (Wildman–Crippen LogP) is 2.80. The molecule has 1 fully saturated rings. The minimum atomic E-state index is -0.587. The Morgan fingerprint density at radius 1 is 1.20 bits per heavy atom. The first kappa shape index (κ1) is 17.4. The molecule has 0 radical (unpaired) electrons. The number of amides is 2. The zero-order chi connectivity index (χ0) is 18.0. The van der Waals surface area contributed by atoms with E-state index in [1.165, 1.54) is 4.90 Å². The van der Waals surface area contributed by atoms with Gasteiger partial charge >= 0.3 is 6.09 Å². The fourth-order valence-corrected chi connectivity index (χ4v) is 2.93. The minimum Gasteiger partial charge on any atom is -0.486 e. The minimum absolute atomic E-state index is 0.222. The van der Waals surface area contributed by atoms with Gasteiger partial charge in [0.2, 0.25) is 5.91 Å². The number of fused-ring (bicyclic) bond motifs is 1. The molecule has 2 aliphatic rings. The molecule has 0 aliphatic carbocycles. The molecule has 1 saturated heterocycles. The molecule has 3 rings (SSSR count). The molecule has 1 unspecified atom stereocenters. The maximum atomic E-state index is 12.6. The molecule has 0 saturated carbocycles. The highest BCUT2D eigenvalue weighted by Gasteiger charge is 2.36. The van der Waals surface area contributed by atoms with Crippen molar-refractivity contribution in [2.45, 2.75) is 45.3 Å². The number of nitrogens with zero attached hydrogens (tertiary/aromatic N) is 1. The van der Waals surface area contributed by atoms with Gasteiger partial charge in [0.1, 0.15) is 24.9 Å². The first-order valence-electron chi connectivity index (χ1n) is 8.54. The number of rotatable bonds is 2. The summed E-state index contributed by atoms with van der Waals surface area (Å²) in [5.41, 5.74) is 0.0292. The molecule has 25 heavy (non-hydrogen) atoms. The SMILES string of the molecule is CC(C)(C)OC(=O)N1CCCC1C(=O)Nc1ccc2c(c1)OCCO2. The van der Waals surface area contributed by atoms with E-state index >= 15 is 0 Å². The Morgan fingerprint density at radius 2 is 1.92 bits per heavy atom. The Balaban J connectivity index is 1.67. The number of hydrogen-bond acceptors (Lipinski definition) is 5. The summed E-state index contributed by atoms with van der Waals surface area (Å²) >= 11 is 0. The zero-order valence-corrected chi connectivity index (χ0v) is 14.8. The van der Waals surface area contributed by atoms with Crippen LogP contribution in [0.25, 0.3) is 0 Å². The van der Waals surface area contributed by atoms with E-state index < -0.39 is 17.7 Å². The molecule has 1 aromatic carbocycles. The quantitative estimate of drug-likeness (QED) is 0.889. The highest BCUT2D eigenvalue weighted by Crippen LogP contribution is 2.33. The molecule has 2 heterocycles. The number of likely N-dealkylation sites (tertiary alicyclic amines) is 1. The third-order valence-corrected chi connectivity index (χ3v) is 3.99. The maximum absolute atomic E-state index is 12.6. The largest absolute Gasteiger partial charge is 0.486 e. The fraction of sp³-hybridized carbons (Fsp3) is 0.556. The Labute approximate surface area is 147 Å². The van der Waals surface area contributed by atoms with Crippen LogP contribution >= 0.6 is 0 Å². The van der Waals surface area contributed by atoms with Crippen molar-refractivity contribution in [2.75, 3.05) is 25.1 Å². The smallest absolute Gasteiger partial charge is 0.410 e. The van der Waals surface area contributed by atoms with E-state index in [4.69, 9.17) is 14.2 Å². The molecule has 1 atom stereocenters. The van der Waals surface area contributed by atoms with Gasteiger partial charge in [-0.3, -0.25) is 9.69 Å². The van der Waals surface area contributed by atoms with Gasteiger partial charge in [-0.25, -0.2) is 4.79 Å². The monoisotopic (exact) mass is 348 g/mol. The lowest BCUT2D eigenvalue weighted by atomic mass is 10.2. The van der Waals surface area contributed by atoms with Crippen molar-refractivity contribution >= 4 is 17.7 Å². The average molecular weight is 348 g/mol. The van der Waals surface area contributed by atoms with E-state index in [9.17, 15) is 9.59 Å². The molecule has 136 valence electrons. The third kappa shape index (κ3) is 4.15. The van der Waals surface area contributed by atoms with E-state index in [1.807, 2.05) is 20.8 Å². The van der Waals surface area contributed by atoms with Crippen molar-refractivity contribution < 1.29 is 23.8 Å². The molecule has 7 nitrogen and oxygen atoms in total. The lowest BCUT2D eigenvalue weighted by molar-refractivity contribution is -0.120. The van der Waals surface area contributed by atoms with Crippen LogP contribution in [-0.2, 0) is 9.53 Å². The highest BCUT2D eigenvalue weighted by atomic mass is 16.6. The van der Waals surface area contributed by atoms with E-state index in [1.54, 1.807) is 18.2 Å². The van der Waals surface area contributed by atoms with Crippen LogP contribution in [0.1, 0.15) is 33.6 Å². The van der Waals surface area contributed by atoms with Crippen LogP contribution in [0, 0.1) is 0 Å². The van der Waals surface area contributed by atoms with Gasteiger partial charge in [-0.15, -0.1) is 0 Å². The third-order valence-electron chi connectivity index (χ3n) is 3.99. The van der Waals surface area contributed by atoms with Gasteiger partial charge in [-0.05, 0) is 45.7 Å². The number of anilines is 1. The van der Waals surface area contributed by atoms with Crippen molar-refractivity contribution in [3.63, 3.8) is 0 Å². The second-order valence-corrected chi connectivity index (χ2v) is 7.18. The highest BCUT2D eigenvalue weighted by molar-refractivity contribution is 5.97. The van der Waals surface area contributed by atoms with E-state index in [0.717, 1.165) is 6.42 Å². The number of ether oxygens (including phenoxy) is 3. The number of carbonyl (C=O) groups excluding carboxylic acids is 2. The van der Waals surface area contributed by atoms with Gasteiger partial charge < -0.3 is 19.5 Å². The summed E-state index contributed by atoms with van der Waals surface area (Å²) in [6.07, 6.45) is 0.945. The van der Waals surface area contributed by atoms with Crippen LogP contribution < -0.4 is 14.8 Å². The fourth-order valence-electron chi connectivity index (χ4n) is 2.93. The van der Waals surface area contributed by atoms with Crippen molar-refractivity contribution in [1.29, 1.82) is 0 Å². The number of nitrogens with one attached hydrogen (secondary N) is 1. The molecule has 2 amide bonds. The Bertz CT molecular complexity index is 668. The maximum Gasteiger partial charge on any atom is 0.410 e. The van der Waals surface area contributed by atoms with Crippen LogP contribution in [0.5, 0.6) is 11.5 Å². The van der Waals surface area contributed by atoms with Gasteiger partial charge in [-0.2, -0.15) is 0 Å². The predicted molar refractivity (Wildman–Crippen MR) is 92.0 cm³/mol. The second kappa shape index (κ2) is 6.82. The molecule has 0 aromatic heterocycles. The summed E-state index contributed by atoms with van der Waals surface area (Å²) in [5, 5.41) is 2.86. The standard InChI is InChI=1S/C18H24N2O5/c1-18(2,3)25-17(22)20-8-4-5-13(20)16(21)19-12-6-7-14-15(11-12)24-10-9-23-14/h6-7,11,13H,4-5,8-10H2,1-3H3,(H,19,21). The van der Waals surface area contributed by atoms with Gasteiger partial charge in [-0.1, -0.05) is 0 Å². The summed E-state index contributed by atoms with van der Waals surface area (Å²) in [5.74, 6) is 1.06. The Hall–Kier alpha value is -2.44. The summed E-state index contributed by atoms with van der Waals surface area (Å²) in [6, 6.07) is 4.74. The summed E-state index contributed by atoms with van der Waals surface area (Å²) in [6.45, 7) is 6.96. The van der Waals surface area contributed by atoms with Crippen LogP contribution in [0.15, 0.2) is 18.2 Å². The average Bonchev–Trinajstić information content (AvgIpc) is 3.03. The number of carbonyl (C=O) groups is 2. The molecular weight excluding hydrogens is 324 g/mol. The van der Waals surface area contributed by atoms with Crippen LogP contribution in [0.2, 0.25) is 0 Å². The molecule has 2 aliphatic heterocycles. The first-order chi connectivity index (χ1) is 11.8. The topological polar surface area (TPSA) is 77.1 Å². The van der Waals surface area contributed by atoms with Crippen molar-refractivity contribution in [3.8, 4) is 11.5 Å².